The van der Waals surface area contributed by atoms with Gasteiger partial charge in [0.05, 0.1) is 10.4 Å². The number of hydrogen-bond donors (Lipinski definition) is 3. The van der Waals surface area contributed by atoms with Crippen LogP contribution in [0.2, 0.25) is 0 Å². The van der Waals surface area contributed by atoms with Crippen molar-refractivity contribution in [2.24, 2.45) is 10.2 Å². The van der Waals surface area contributed by atoms with Crippen LogP contribution in [-0.2, 0) is 10.1 Å². The minimum Gasteiger partial charge on any atom is -0.505 e. The molecule has 1 aromatic heterocycles. The molecule has 0 radical (unpaired) electrons. The van der Waals surface area contributed by atoms with Gasteiger partial charge in [0.1, 0.15) is 0 Å². The van der Waals surface area contributed by atoms with Crippen molar-refractivity contribution < 1.29 is 40.0 Å². The van der Waals surface area contributed by atoms with E-state index in [9.17, 15) is 40.3 Å². The summed E-state index contributed by atoms with van der Waals surface area (Å²) in [6, 6.07) is 2.67. The van der Waals surface area contributed by atoms with E-state index in [0.29, 0.717) is 0 Å². The maximum atomic E-state index is 13.6. The first-order valence-corrected chi connectivity index (χ1v) is 8.67. The topological polar surface area (TPSA) is 132 Å². The Labute approximate surface area is 156 Å². The smallest absolute Gasteiger partial charge is 0.294 e. The summed E-state index contributed by atoms with van der Waals surface area (Å²) in [7, 11) is -4.69. The first kappa shape index (κ1) is 20.3. The molecule has 0 bridgehead atoms. The van der Waals surface area contributed by atoms with Crippen LogP contribution in [0.3, 0.4) is 0 Å². The molecule has 14 heteroatoms. The number of aromatic amines is 1. The van der Waals surface area contributed by atoms with Crippen molar-refractivity contribution in [2.75, 3.05) is 0 Å². The molecular formula is C15H6F5N3O5S. The molecule has 0 atom stereocenters. The molecule has 0 aliphatic rings. The molecular weight excluding hydrogens is 429 g/mol. The second kappa shape index (κ2) is 6.89. The second-order valence-corrected chi connectivity index (χ2v) is 6.87. The van der Waals surface area contributed by atoms with Gasteiger partial charge in [-0.25, -0.2) is 22.0 Å². The Morgan fingerprint density at radius 1 is 0.862 bits per heavy atom. The van der Waals surface area contributed by atoms with Crippen LogP contribution < -0.4 is 5.56 Å². The monoisotopic (exact) mass is 435 g/mol. The summed E-state index contributed by atoms with van der Waals surface area (Å²) in [6.45, 7) is 0. The molecule has 0 saturated carbocycles. The molecule has 2 aromatic carbocycles. The molecule has 0 aliphatic heterocycles. The molecule has 0 aliphatic carbocycles. The molecule has 1 heterocycles. The van der Waals surface area contributed by atoms with Crippen molar-refractivity contribution in [2.45, 2.75) is 4.90 Å². The molecule has 3 rings (SSSR count). The number of rotatable bonds is 3. The highest BCUT2D eigenvalue weighted by Gasteiger charge is 2.26. The molecule has 0 saturated heterocycles. The summed E-state index contributed by atoms with van der Waals surface area (Å²) in [5.74, 6) is -12.7. The van der Waals surface area contributed by atoms with Gasteiger partial charge in [0.2, 0.25) is 5.82 Å². The quantitative estimate of drug-likeness (QED) is 0.190. The minimum absolute atomic E-state index is 0.116. The van der Waals surface area contributed by atoms with Gasteiger partial charge in [-0.15, -0.1) is 10.2 Å². The lowest BCUT2D eigenvalue weighted by Gasteiger charge is -2.06. The molecule has 3 N–H and O–H groups in total. The van der Waals surface area contributed by atoms with Crippen LogP contribution >= 0.6 is 0 Å². The van der Waals surface area contributed by atoms with Crippen LogP contribution in [0.15, 0.2) is 38.1 Å². The van der Waals surface area contributed by atoms with Crippen LogP contribution in [0.4, 0.5) is 33.3 Å². The maximum Gasteiger partial charge on any atom is 0.294 e. The predicted molar refractivity (Wildman–Crippen MR) is 86.5 cm³/mol. The maximum absolute atomic E-state index is 13.6. The largest absolute Gasteiger partial charge is 0.505 e. The Bertz CT molecular complexity index is 1340. The average molecular weight is 435 g/mol. The Morgan fingerprint density at radius 2 is 1.38 bits per heavy atom. The molecule has 0 unspecified atom stereocenters. The zero-order chi connectivity index (χ0) is 21.7. The minimum atomic E-state index is -4.69. The van der Waals surface area contributed by atoms with Crippen molar-refractivity contribution in [1.82, 2.24) is 4.98 Å². The van der Waals surface area contributed by atoms with Crippen LogP contribution in [0, 0.1) is 29.1 Å². The first-order chi connectivity index (χ1) is 13.4. The van der Waals surface area contributed by atoms with Gasteiger partial charge in [-0.1, -0.05) is 0 Å². The molecule has 8 nitrogen and oxygen atoms in total. The van der Waals surface area contributed by atoms with E-state index >= 15 is 0 Å². The normalized spacial score (nSPS) is 12.2. The number of nitrogens with zero attached hydrogens (tertiary/aromatic N) is 2. The van der Waals surface area contributed by atoms with Gasteiger partial charge in [-0.3, -0.25) is 9.35 Å². The standard InChI is InChI=1S/C15H6F5N3O5S/c16-7-8(17)10(19)12(11(20)9(7)18)22-23-13-14(24)5-3-4(29(26,27)28)1-2-6(5)21-15(13)25/h1-3H,(H2,21,24,25)(H,26,27,28)/b23-22+. The van der Waals surface area contributed by atoms with E-state index in [1.165, 1.54) is 0 Å². The van der Waals surface area contributed by atoms with E-state index in [1.54, 1.807) is 0 Å². The summed E-state index contributed by atoms with van der Waals surface area (Å²) < 4.78 is 98.1. The van der Waals surface area contributed by atoms with Crippen molar-refractivity contribution in [3.05, 3.63) is 57.6 Å². The van der Waals surface area contributed by atoms with Crippen molar-refractivity contribution in [3.63, 3.8) is 0 Å². The van der Waals surface area contributed by atoms with Gasteiger partial charge < -0.3 is 10.1 Å². The molecule has 0 amide bonds. The Kier molecular flexibility index (Phi) is 4.84. The summed E-state index contributed by atoms with van der Waals surface area (Å²) in [4.78, 5) is 13.4. The summed E-state index contributed by atoms with van der Waals surface area (Å²) in [5.41, 5.74) is -4.03. The van der Waals surface area contributed by atoms with Crippen LogP contribution in [0.5, 0.6) is 5.75 Å². The van der Waals surface area contributed by atoms with Crippen molar-refractivity contribution in [1.29, 1.82) is 0 Å². The lowest BCUT2D eigenvalue weighted by atomic mass is 10.2. The van der Waals surface area contributed by atoms with E-state index in [2.05, 4.69) is 15.2 Å². The third-order valence-electron chi connectivity index (χ3n) is 3.67. The average Bonchev–Trinajstić information content (AvgIpc) is 2.66. The fourth-order valence-corrected chi connectivity index (χ4v) is 2.79. The highest BCUT2D eigenvalue weighted by atomic mass is 32.2. The third kappa shape index (κ3) is 3.42. The SMILES string of the molecule is O=c1[nH]c2ccc(S(=O)(=O)O)cc2c(O)c1/N=N/c1c(F)c(F)c(F)c(F)c1F. The van der Waals surface area contributed by atoms with Crippen LogP contribution in [-0.4, -0.2) is 23.1 Å². The fourth-order valence-electron chi connectivity index (χ4n) is 2.28. The van der Waals surface area contributed by atoms with E-state index in [0.717, 1.165) is 18.2 Å². The Balaban J connectivity index is 2.23. The van der Waals surface area contributed by atoms with E-state index in [-0.39, 0.29) is 10.9 Å². The number of benzene rings is 2. The number of pyridine rings is 1. The number of halogens is 5. The van der Waals surface area contributed by atoms with Gasteiger partial charge in [-0.2, -0.15) is 8.42 Å². The highest BCUT2D eigenvalue weighted by molar-refractivity contribution is 7.85. The van der Waals surface area contributed by atoms with E-state index < -0.39 is 66.8 Å². The summed E-state index contributed by atoms with van der Waals surface area (Å²) >= 11 is 0. The molecule has 152 valence electrons. The fraction of sp³-hybridized carbons (Fsp3) is 0. The number of fused-ring (bicyclic) bond motifs is 1. The highest BCUT2D eigenvalue weighted by Crippen LogP contribution is 2.35. The Morgan fingerprint density at radius 3 is 1.93 bits per heavy atom. The van der Waals surface area contributed by atoms with Crippen molar-refractivity contribution in [3.8, 4) is 5.75 Å². The van der Waals surface area contributed by atoms with Gasteiger partial charge in [-0.05, 0) is 18.2 Å². The molecule has 0 spiro atoms. The lowest BCUT2D eigenvalue weighted by molar-refractivity contribution is 0.380. The van der Waals surface area contributed by atoms with Crippen molar-refractivity contribution >= 4 is 32.4 Å². The first-order valence-electron chi connectivity index (χ1n) is 7.23. The number of azo groups is 1. The zero-order valence-corrected chi connectivity index (χ0v) is 14.4. The van der Waals surface area contributed by atoms with E-state index in [1.807, 2.05) is 0 Å². The number of hydrogen-bond acceptors (Lipinski definition) is 6. The van der Waals surface area contributed by atoms with Gasteiger partial charge in [0, 0.05) is 5.39 Å². The van der Waals surface area contributed by atoms with Gasteiger partial charge >= 0.3 is 0 Å². The van der Waals surface area contributed by atoms with Crippen LogP contribution in [0.25, 0.3) is 10.9 Å². The number of H-pyrrole nitrogens is 1. The van der Waals surface area contributed by atoms with E-state index in [4.69, 9.17) is 4.55 Å². The number of aromatic hydroxyl groups is 1. The summed E-state index contributed by atoms with van der Waals surface area (Å²) in [5, 5.41) is 15.6. The lowest BCUT2D eigenvalue weighted by Crippen LogP contribution is -2.06. The van der Waals surface area contributed by atoms with Gasteiger partial charge in [0.15, 0.2) is 40.4 Å². The third-order valence-corrected chi connectivity index (χ3v) is 4.52. The molecule has 29 heavy (non-hydrogen) atoms. The Hall–Kier alpha value is -3.39. The van der Waals surface area contributed by atoms with Gasteiger partial charge in [0.25, 0.3) is 15.7 Å². The summed E-state index contributed by atoms with van der Waals surface area (Å²) in [6.07, 6.45) is 0. The predicted octanol–water partition coefficient (Wildman–Crippen LogP) is 3.59. The van der Waals surface area contributed by atoms with Crippen LogP contribution in [0.1, 0.15) is 0 Å². The molecule has 3 aromatic rings. The zero-order valence-electron chi connectivity index (χ0n) is 13.5. The second-order valence-electron chi connectivity index (χ2n) is 5.45. The number of nitrogens with one attached hydrogen (secondary N) is 1. The molecule has 0 fully saturated rings. The number of aromatic nitrogens is 1.